The van der Waals surface area contributed by atoms with E-state index in [0.717, 1.165) is 25.9 Å². The molecule has 1 aliphatic carbocycles. The lowest BCUT2D eigenvalue weighted by Gasteiger charge is -2.27. The minimum absolute atomic E-state index is 0.0275. The van der Waals surface area contributed by atoms with Gasteiger partial charge in [0, 0.05) is 18.2 Å². The molecule has 1 aliphatic heterocycles. The second-order valence-corrected chi connectivity index (χ2v) is 5.01. The van der Waals surface area contributed by atoms with Crippen molar-refractivity contribution in [1.82, 2.24) is 10.6 Å². The van der Waals surface area contributed by atoms with Gasteiger partial charge in [-0.2, -0.15) is 0 Å². The van der Waals surface area contributed by atoms with Crippen LogP contribution in [0.15, 0.2) is 0 Å². The monoisotopic (exact) mass is 212 g/mol. The Labute approximate surface area is 90.8 Å². The van der Waals surface area contributed by atoms with Crippen molar-refractivity contribution < 1.29 is 9.53 Å². The lowest BCUT2D eigenvalue weighted by molar-refractivity contribution is -0.123. The molecule has 1 saturated heterocycles. The Morgan fingerprint density at radius 2 is 2.27 bits per heavy atom. The van der Waals surface area contributed by atoms with Gasteiger partial charge in [0.25, 0.3) is 0 Å². The maximum Gasteiger partial charge on any atom is 0.237 e. The fourth-order valence-electron chi connectivity index (χ4n) is 1.92. The van der Waals surface area contributed by atoms with E-state index in [4.69, 9.17) is 4.74 Å². The van der Waals surface area contributed by atoms with Crippen LogP contribution in [0, 0.1) is 0 Å². The summed E-state index contributed by atoms with van der Waals surface area (Å²) in [5.41, 5.74) is -0.0275. The Morgan fingerprint density at radius 1 is 1.53 bits per heavy atom. The van der Waals surface area contributed by atoms with Crippen LogP contribution in [0.4, 0.5) is 0 Å². The number of carbonyl (C=O) groups is 1. The molecule has 0 aromatic carbocycles. The predicted octanol–water partition coefficient (Wildman–Crippen LogP) is 0.422. The number of amides is 1. The lowest BCUT2D eigenvalue weighted by Crippen LogP contribution is -2.53. The molecule has 86 valence electrons. The molecular formula is C11H20N2O2. The SMILES string of the molecule is CC(NC1(C)CCOC1)C(=O)NC1CC1. The molecule has 0 aromatic rings. The van der Waals surface area contributed by atoms with Crippen molar-refractivity contribution in [3.8, 4) is 0 Å². The Morgan fingerprint density at radius 3 is 2.80 bits per heavy atom. The van der Waals surface area contributed by atoms with Gasteiger partial charge in [0.05, 0.1) is 12.6 Å². The second kappa shape index (κ2) is 4.10. The van der Waals surface area contributed by atoms with E-state index in [0.29, 0.717) is 12.6 Å². The van der Waals surface area contributed by atoms with Crippen LogP contribution in [-0.4, -0.2) is 36.7 Å². The van der Waals surface area contributed by atoms with Crippen LogP contribution in [-0.2, 0) is 9.53 Å². The summed E-state index contributed by atoms with van der Waals surface area (Å²) in [7, 11) is 0. The number of nitrogens with one attached hydrogen (secondary N) is 2. The zero-order valence-corrected chi connectivity index (χ0v) is 9.51. The number of rotatable bonds is 4. The van der Waals surface area contributed by atoms with Crippen LogP contribution < -0.4 is 10.6 Å². The van der Waals surface area contributed by atoms with Crippen molar-refractivity contribution in [2.45, 2.75) is 50.7 Å². The Bertz CT molecular complexity index is 245. The third-order valence-electron chi connectivity index (χ3n) is 3.10. The Kier molecular flexibility index (Phi) is 2.98. The van der Waals surface area contributed by atoms with Gasteiger partial charge in [-0.1, -0.05) is 0 Å². The molecule has 2 unspecified atom stereocenters. The molecule has 2 aliphatic rings. The second-order valence-electron chi connectivity index (χ2n) is 5.01. The largest absolute Gasteiger partial charge is 0.379 e. The molecule has 2 N–H and O–H groups in total. The fourth-order valence-corrected chi connectivity index (χ4v) is 1.92. The molecule has 2 rings (SSSR count). The van der Waals surface area contributed by atoms with Gasteiger partial charge in [-0.25, -0.2) is 0 Å². The molecule has 0 spiro atoms. The standard InChI is InChI=1S/C11H20N2O2/c1-8(10(14)12-9-3-4-9)13-11(2)5-6-15-7-11/h8-9,13H,3-7H2,1-2H3,(H,12,14). The average Bonchev–Trinajstić information content (AvgIpc) is 2.88. The minimum atomic E-state index is -0.128. The van der Waals surface area contributed by atoms with Gasteiger partial charge in [-0.15, -0.1) is 0 Å². The van der Waals surface area contributed by atoms with Crippen LogP contribution in [0.5, 0.6) is 0 Å². The summed E-state index contributed by atoms with van der Waals surface area (Å²) >= 11 is 0. The van der Waals surface area contributed by atoms with Crippen LogP contribution >= 0.6 is 0 Å². The smallest absolute Gasteiger partial charge is 0.237 e. The number of ether oxygens (including phenoxy) is 1. The molecule has 2 atom stereocenters. The van der Waals surface area contributed by atoms with E-state index in [-0.39, 0.29) is 17.5 Å². The van der Waals surface area contributed by atoms with E-state index >= 15 is 0 Å². The summed E-state index contributed by atoms with van der Waals surface area (Å²) in [4.78, 5) is 11.7. The van der Waals surface area contributed by atoms with Gasteiger partial charge in [-0.3, -0.25) is 10.1 Å². The first-order valence-corrected chi connectivity index (χ1v) is 5.75. The number of carbonyl (C=O) groups excluding carboxylic acids is 1. The van der Waals surface area contributed by atoms with Gasteiger partial charge in [-0.05, 0) is 33.1 Å². The normalized spacial score (nSPS) is 32.7. The zero-order chi connectivity index (χ0) is 10.9. The molecule has 1 saturated carbocycles. The molecule has 1 amide bonds. The summed E-state index contributed by atoms with van der Waals surface area (Å²) < 4.78 is 5.34. The highest BCUT2D eigenvalue weighted by Gasteiger charge is 2.33. The van der Waals surface area contributed by atoms with E-state index in [1.165, 1.54) is 0 Å². The van der Waals surface area contributed by atoms with Gasteiger partial charge in [0.1, 0.15) is 0 Å². The molecule has 1 heterocycles. The third-order valence-corrected chi connectivity index (χ3v) is 3.10. The molecular weight excluding hydrogens is 192 g/mol. The van der Waals surface area contributed by atoms with E-state index in [9.17, 15) is 4.79 Å². The minimum Gasteiger partial charge on any atom is -0.379 e. The summed E-state index contributed by atoms with van der Waals surface area (Å²) in [5.74, 6) is 0.116. The highest BCUT2D eigenvalue weighted by atomic mass is 16.5. The highest BCUT2D eigenvalue weighted by Crippen LogP contribution is 2.20. The fraction of sp³-hybridized carbons (Fsp3) is 0.909. The molecule has 15 heavy (non-hydrogen) atoms. The van der Waals surface area contributed by atoms with Gasteiger partial charge in [0.15, 0.2) is 0 Å². The highest BCUT2D eigenvalue weighted by molar-refractivity contribution is 5.81. The first-order valence-electron chi connectivity index (χ1n) is 5.75. The van der Waals surface area contributed by atoms with Crippen molar-refractivity contribution in [2.24, 2.45) is 0 Å². The van der Waals surface area contributed by atoms with Crippen molar-refractivity contribution in [2.75, 3.05) is 13.2 Å². The van der Waals surface area contributed by atoms with Crippen molar-refractivity contribution in [3.63, 3.8) is 0 Å². The van der Waals surface area contributed by atoms with E-state index in [1.807, 2.05) is 6.92 Å². The summed E-state index contributed by atoms with van der Waals surface area (Å²) in [5, 5.41) is 6.35. The predicted molar refractivity (Wildman–Crippen MR) is 57.6 cm³/mol. The first kappa shape index (κ1) is 10.9. The van der Waals surface area contributed by atoms with E-state index < -0.39 is 0 Å². The Hall–Kier alpha value is -0.610. The molecule has 0 bridgehead atoms. The Balaban J connectivity index is 1.79. The topological polar surface area (TPSA) is 50.4 Å². The zero-order valence-electron chi connectivity index (χ0n) is 9.51. The third kappa shape index (κ3) is 2.92. The van der Waals surface area contributed by atoms with Crippen LogP contribution in [0.25, 0.3) is 0 Å². The molecule has 4 heteroatoms. The van der Waals surface area contributed by atoms with Crippen molar-refractivity contribution in [1.29, 1.82) is 0 Å². The van der Waals surface area contributed by atoms with Gasteiger partial charge >= 0.3 is 0 Å². The van der Waals surface area contributed by atoms with E-state index in [1.54, 1.807) is 0 Å². The summed E-state index contributed by atoms with van der Waals surface area (Å²) in [6.07, 6.45) is 3.26. The van der Waals surface area contributed by atoms with Crippen LogP contribution in [0.2, 0.25) is 0 Å². The summed E-state index contributed by atoms with van der Waals surface area (Å²) in [6.45, 7) is 5.52. The van der Waals surface area contributed by atoms with Crippen LogP contribution in [0.1, 0.15) is 33.1 Å². The average molecular weight is 212 g/mol. The molecule has 0 aromatic heterocycles. The summed E-state index contributed by atoms with van der Waals surface area (Å²) in [6, 6.07) is 0.312. The number of hydrogen-bond acceptors (Lipinski definition) is 3. The van der Waals surface area contributed by atoms with Gasteiger partial charge in [0.2, 0.25) is 5.91 Å². The van der Waals surface area contributed by atoms with Gasteiger partial charge < -0.3 is 10.1 Å². The maximum absolute atomic E-state index is 11.7. The molecule has 2 fully saturated rings. The van der Waals surface area contributed by atoms with Crippen molar-refractivity contribution in [3.05, 3.63) is 0 Å². The quantitative estimate of drug-likeness (QED) is 0.710. The van der Waals surface area contributed by atoms with Crippen molar-refractivity contribution >= 4 is 5.91 Å². The lowest BCUT2D eigenvalue weighted by atomic mass is 10.0. The molecule has 0 radical (unpaired) electrons. The maximum atomic E-state index is 11.7. The van der Waals surface area contributed by atoms with Crippen LogP contribution in [0.3, 0.4) is 0 Å². The van der Waals surface area contributed by atoms with E-state index in [2.05, 4.69) is 17.6 Å². The molecule has 4 nitrogen and oxygen atoms in total. The first-order chi connectivity index (χ1) is 7.09. The number of hydrogen-bond donors (Lipinski definition) is 2.